The highest BCUT2D eigenvalue weighted by Crippen LogP contribution is 2.30. The fourth-order valence-electron chi connectivity index (χ4n) is 3.94. The second kappa shape index (κ2) is 8.02. The summed E-state index contributed by atoms with van der Waals surface area (Å²) in [6, 6.07) is 11.5. The number of para-hydroxylation sites is 2. The van der Waals surface area contributed by atoms with Crippen molar-refractivity contribution < 1.29 is 9.53 Å². The van der Waals surface area contributed by atoms with Gasteiger partial charge in [-0.25, -0.2) is 19.9 Å². The highest BCUT2D eigenvalue weighted by Gasteiger charge is 2.23. The maximum atomic E-state index is 12.8. The van der Waals surface area contributed by atoms with Crippen molar-refractivity contribution in [1.82, 2.24) is 24.5 Å². The molecule has 9 nitrogen and oxygen atoms in total. The van der Waals surface area contributed by atoms with Crippen LogP contribution in [0.1, 0.15) is 10.5 Å². The lowest BCUT2D eigenvalue weighted by molar-refractivity contribution is 0.0959. The minimum atomic E-state index is -0.247. The molecule has 0 aliphatic carbocycles. The Morgan fingerprint density at radius 3 is 2.52 bits per heavy atom. The van der Waals surface area contributed by atoms with Crippen molar-refractivity contribution in [3.8, 4) is 5.75 Å². The van der Waals surface area contributed by atoms with Crippen molar-refractivity contribution in [2.24, 2.45) is 0 Å². The SMILES string of the molecule is COc1ccccc1N1CCN(c2ncnc3c2ccn3C(=O)c2ccncn2)CC1. The third kappa shape index (κ3) is 3.43. The zero-order chi connectivity index (χ0) is 21.2. The van der Waals surface area contributed by atoms with E-state index in [9.17, 15) is 4.79 Å². The Hall–Kier alpha value is -4.01. The summed E-state index contributed by atoms with van der Waals surface area (Å²) < 4.78 is 7.02. The van der Waals surface area contributed by atoms with Crippen LogP contribution in [-0.4, -0.2) is 63.7 Å². The van der Waals surface area contributed by atoms with Gasteiger partial charge in [0.25, 0.3) is 5.91 Å². The molecule has 1 aliphatic rings. The van der Waals surface area contributed by atoms with Crippen molar-refractivity contribution >= 4 is 28.4 Å². The van der Waals surface area contributed by atoms with Crippen LogP contribution in [0.5, 0.6) is 5.75 Å². The van der Waals surface area contributed by atoms with Gasteiger partial charge in [0.2, 0.25) is 0 Å². The molecule has 0 N–H and O–H groups in total. The first-order valence-corrected chi connectivity index (χ1v) is 10.0. The van der Waals surface area contributed by atoms with E-state index in [0.717, 1.165) is 48.8 Å². The first-order chi connectivity index (χ1) is 15.3. The van der Waals surface area contributed by atoms with Crippen LogP contribution in [0.25, 0.3) is 11.0 Å². The molecule has 0 amide bonds. The summed E-state index contributed by atoms with van der Waals surface area (Å²) in [5.41, 5.74) is 1.98. The van der Waals surface area contributed by atoms with Crippen LogP contribution in [0, 0.1) is 0 Å². The zero-order valence-corrected chi connectivity index (χ0v) is 17.0. The van der Waals surface area contributed by atoms with E-state index in [4.69, 9.17) is 4.74 Å². The smallest absolute Gasteiger partial charge is 0.282 e. The molecule has 5 rings (SSSR count). The van der Waals surface area contributed by atoms with Gasteiger partial charge in [0.05, 0.1) is 18.2 Å². The Balaban J connectivity index is 1.39. The second-order valence-corrected chi connectivity index (χ2v) is 7.17. The average Bonchev–Trinajstić information content (AvgIpc) is 3.28. The number of ether oxygens (including phenoxy) is 1. The first kappa shape index (κ1) is 19.0. The second-order valence-electron chi connectivity index (χ2n) is 7.17. The number of piperazine rings is 1. The number of carbonyl (C=O) groups is 1. The number of hydrogen-bond acceptors (Lipinski definition) is 8. The molecule has 3 aromatic heterocycles. The Kier molecular flexibility index (Phi) is 4.91. The highest BCUT2D eigenvalue weighted by molar-refractivity contribution is 6.01. The standard InChI is InChI=1S/C22H21N7O2/c1-31-19-5-3-2-4-18(19)27-10-12-28(13-11-27)20-16-7-9-29(21(16)26-15-25-20)22(30)17-6-8-23-14-24-17/h2-9,14-15H,10-13H2,1H3. The third-order valence-corrected chi connectivity index (χ3v) is 5.49. The van der Waals surface area contributed by atoms with Gasteiger partial charge in [-0.1, -0.05) is 12.1 Å². The third-order valence-electron chi connectivity index (χ3n) is 5.49. The van der Waals surface area contributed by atoms with E-state index >= 15 is 0 Å². The van der Waals surface area contributed by atoms with E-state index in [1.165, 1.54) is 17.2 Å². The highest BCUT2D eigenvalue weighted by atomic mass is 16.5. The molecule has 0 saturated carbocycles. The van der Waals surface area contributed by atoms with E-state index in [2.05, 4.69) is 35.8 Å². The number of aromatic nitrogens is 5. The quantitative estimate of drug-likeness (QED) is 0.501. The van der Waals surface area contributed by atoms with Gasteiger partial charge in [-0.2, -0.15) is 0 Å². The van der Waals surface area contributed by atoms with Crippen LogP contribution in [0.15, 0.2) is 61.4 Å². The van der Waals surface area contributed by atoms with Crippen molar-refractivity contribution in [3.05, 3.63) is 67.1 Å². The number of carbonyl (C=O) groups excluding carboxylic acids is 1. The van der Waals surface area contributed by atoms with Crippen LogP contribution in [0.2, 0.25) is 0 Å². The summed E-state index contributed by atoms with van der Waals surface area (Å²) >= 11 is 0. The fraction of sp³-hybridized carbons (Fsp3) is 0.227. The zero-order valence-electron chi connectivity index (χ0n) is 17.0. The largest absolute Gasteiger partial charge is 0.495 e. The molecular weight excluding hydrogens is 394 g/mol. The monoisotopic (exact) mass is 415 g/mol. The molecule has 4 aromatic rings. The molecule has 1 aromatic carbocycles. The van der Waals surface area contributed by atoms with Crippen molar-refractivity contribution in [2.75, 3.05) is 43.1 Å². The van der Waals surface area contributed by atoms with Gasteiger partial charge in [0, 0.05) is 38.6 Å². The molecule has 1 saturated heterocycles. The van der Waals surface area contributed by atoms with E-state index in [-0.39, 0.29) is 5.91 Å². The Morgan fingerprint density at radius 1 is 0.935 bits per heavy atom. The van der Waals surface area contributed by atoms with Gasteiger partial charge < -0.3 is 14.5 Å². The molecule has 156 valence electrons. The number of nitrogens with zero attached hydrogens (tertiary/aromatic N) is 7. The summed E-state index contributed by atoms with van der Waals surface area (Å²) in [7, 11) is 1.69. The van der Waals surface area contributed by atoms with Crippen LogP contribution in [-0.2, 0) is 0 Å². The van der Waals surface area contributed by atoms with E-state index in [1.807, 2.05) is 24.3 Å². The van der Waals surface area contributed by atoms with Crippen LogP contribution >= 0.6 is 0 Å². The van der Waals surface area contributed by atoms with Crippen LogP contribution in [0.3, 0.4) is 0 Å². The maximum absolute atomic E-state index is 12.8. The van der Waals surface area contributed by atoms with Gasteiger partial charge in [0.1, 0.15) is 29.9 Å². The summed E-state index contributed by atoms with van der Waals surface area (Å²) in [6.45, 7) is 3.28. The Morgan fingerprint density at radius 2 is 1.74 bits per heavy atom. The molecule has 9 heteroatoms. The number of methoxy groups -OCH3 is 1. The normalized spacial score (nSPS) is 14.1. The molecular formula is C22H21N7O2. The van der Waals surface area contributed by atoms with Crippen molar-refractivity contribution in [3.63, 3.8) is 0 Å². The lowest BCUT2D eigenvalue weighted by Crippen LogP contribution is -2.47. The van der Waals surface area contributed by atoms with E-state index in [0.29, 0.717) is 11.3 Å². The predicted octanol–water partition coefficient (Wildman–Crippen LogP) is 2.25. The molecule has 0 unspecified atom stereocenters. The van der Waals surface area contributed by atoms with Crippen molar-refractivity contribution in [2.45, 2.75) is 0 Å². The number of hydrogen-bond donors (Lipinski definition) is 0. The number of benzene rings is 1. The van der Waals surface area contributed by atoms with Crippen LogP contribution < -0.4 is 14.5 Å². The minimum Gasteiger partial charge on any atom is -0.495 e. The maximum Gasteiger partial charge on any atom is 0.282 e. The summed E-state index contributed by atoms with van der Waals surface area (Å²) in [5.74, 6) is 1.46. The fourth-order valence-corrected chi connectivity index (χ4v) is 3.94. The molecule has 4 heterocycles. The molecule has 1 aliphatic heterocycles. The average molecular weight is 415 g/mol. The van der Waals surface area contributed by atoms with Gasteiger partial charge in [-0.15, -0.1) is 0 Å². The van der Waals surface area contributed by atoms with Crippen LogP contribution in [0.4, 0.5) is 11.5 Å². The van der Waals surface area contributed by atoms with Gasteiger partial charge in [0.15, 0.2) is 5.65 Å². The molecule has 0 spiro atoms. The first-order valence-electron chi connectivity index (χ1n) is 10.0. The van der Waals surface area contributed by atoms with Gasteiger partial charge in [-0.05, 0) is 24.3 Å². The van der Waals surface area contributed by atoms with Gasteiger partial charge in [-0.3, -0.25) is 9.36 Å². The minimum absolute atomic E-state index is 0.247. The Bertz CT molecular complexity index is 1220. The topological polar surface area (TPSA) is 89.3 Å². The Labute approximate surface area is 179 Å². The molecule has 1 fully saturated rings. The number of fused-ring (bicyclic) bond motifs is 1. The van der Waals surface area contributed by atoms with Crippen molar-refractivity contribution in [1.29, 1.82) is 0 Å². The van der Waals surface area contributed by atoms with E-state index < -0.39 is 0 Å². The molecule has 0 radical (unpaired) electrons. The number of anilines is 2. The number of rotatable bonds is 4. The van der Waals surface area contributed by atoms with Gasteiger partial charge >= 0.3 is 0 Å². The lowest BCUT2D eigenvalue weighted by Gasteiger charge is -2.37. The lowest BCUT2D eigenvalue weighted by atomic mass is 10.2. The summed E-state index contributed by atoms with van der Waals surface area (Å²) in [4.78, 5) is 34.2. The summed E-state index contributed by atoms with van der Waals surface area (Å²) in [6.07, 6.45) is 6.14. The summed E-state index contributed by atoms with van der Waals surface area (Å²) in [5, 5.41) is 0.843. The predicted molar refractivity (Wildman–Crippen MR) is 117 cm³/mol. The molecule has 0 atom stereocenters. The molecule has 31 heavy (non-hydrogen) atoms. The molecule has 0 bridgehead atoms. The van der Waals surface area contributed by atoms with E-state index in [1.54, 1.807) is 25.6 Å².